The monoisotopic (exact) mass is 526 g/mol. The van der Waals surface area contributed by atoms with Crippen LogP contribution in [0.5, 0.6) is 5.75 Å². The predicted octanol–water partition coefficient (Wildman–Crippen LogP) is 2.35. The van der Waals surface area contributed by atoms with Crippen LogP contribution in [0.4, 0.5) is 0 Å². The van der Waals surface area contributed by atoms with Crippen LogP contribution in [-0.2, 0) is 9.59 Å². The number of benzene rings is 1. The zero-order valence-corrected chi connectivity index (χ0v) is 16.1. The van der Waals surface area contributed by atoms with Crippen molar-refractivity contribution < 1.29 is 19.4 Å². The molecule has 22 heavy (non-hydrogen) atoms. The van der Waals surface area contributed by atoms with Gasteiger partial charge in [0.2, 0.25) is 0 Å². The molecule has 0 fully saturated rings. The van der Waals surface area contributed by atoms with Gasteiger partial charge in [-0.15, -0.1) is 0 Å². The first kappa shape index (κ1) is 18.7. The van der Waals surface area contributed by atoms with Crippen molar-refractivity contribution >= 4 is 63.1 Å². The summed E-state index contributed by atoms with van der Waals surface area (Å²) in [7, 11) is 3.15. The fraction of sp³-hybridized carbons (Fsp3) is 0.214. The van der Waals surface area contributed by atoms with Gasteiger partial charge in [0, 0.05) is 14.1 Å². The van der Waals surface area contributed by atoms with Crippen molar-refractivity contribution in [1.29, 1.82) is 5.26 Å². The molecular weight excluding hydrogens is 514 g/mol. The second-order valence-electron chi connectivity index (χ2n) is 4.37. The van der Waals surface area contributed by atoms with E-state index in [1.54, 1.807) is 26.2 Å². The Morgan fingerprint density at radius 2 is 1.91 bits per heavy atom. The number of carbonyl (C=O) groups is 2. The molecule has 0 bridgehead atoms. The minimum Gasteiger partial charge on any atom is -0.480 e. The molecule has 116 valence electrons. The van der Waals surface area contributed by atoms with Crippen molar-refractivity contribution in [2.24, 2.45) is 0 Å². The minimum atomic E-state index is -1.06. The number of ether oxygens (including phenoxy) is 1. The Balaban J connectivity index is 3.16. The summed E-state index contributed by atoms with van der Waals surface area (Å²) < 4.78 is 6.63. The molecule has 1 rings (SSSR count). The van der Waals surface area contributed by atoms with E-state index in [2.05, 4.69) is 0 Å². The normalized spacial score (nSPS) is 10.8. The molecule has 0 heterocycles. The van der Waals surface area contributed by atoms with Gasteiger partial charge in [0.25, 0.3) is 5.91 Å². The molecule has 0 aliphatic carbocycles. The third kappa shape index (κ3) is 5.13. The van der Waals surface area contributed by atoms with E-state index in [1.165, 1.54) is 11.0 Å². The second kappa shape index (κ2) is 8.33. The molecular formula is C14H12I2N2O4. The molecule has 1 aromatic carbocycles. The average molecular weight is 526 g/mol. The topological polar surface area (TPSA) is 90.6 Å². The van der Waals surface area contributed by atoms with E-state index in [0.29, 0.717) is 18.5 Å². The van der Waals surface area contributed by atoms with E-state index in [4.69, 9.17) is 15.1 Å². The summed E-state index contributed by atoms with van der Waals surface area (Å²) in [6.45, 7) is -0.427. The van der Waals surface area contributed by atoms with Crippen LogP contribution in [0.15, 0.2) is 17.7 Å². The summed E-state index contributed by atoms with van der Waals surface area (Å²) >= 11 is 4.04. The first-order valence-corrected chi connectivity index (χ1v) is 8.09. The average Bonchev–Trinajstić information content (AvgIpc) is 2.42. The molecule has 0 aliphatic rings. The van der Waals surface area contributed by atoms with E-state index in [9.17, 15) is 9.59 Å². The van der Waals surface area contributed by atoms with E-state index >= 15 is 0 Å². The van der Waals surface area contributed by atoms with Gasteiger partial charge in [0.1, 0.15) is 17.4 Å². The third-order valence-electron chi connectivity index (χ3n) is 2.43. The summed E-state index contributed by atoms with van der Waals surface area (Å²) in [5.41, 5.74) is 0.694. The number of nitriles is 1. The minimum absolute atomic E-state index is 0.0239. The fourth-order valence-electron chi connectivity index (χ4n) is 1.48. The quantitative estimate of drug-likeness (QED) is 0.362. The SMILES string of the molecule is CN(C)C(=O)/C(C#N)=C\c1cc(I)c(OCC(=O)O)c(I)c1. The lowest BCUT2D eigenvalue weighted by molar-refractivity contribution is -0.139. The number of aliphatic carboxylic acids is 1. The van der Waals surface area contributed by atoms with Crippen LogP contribution in [0.25, 0.3) is 6.08 Å². The Bertz CT molecular complexity index is 655. The maximum Gasteiger partial charge on any atom is 0.341 e. The zero-order valence-electron chi connectivity index (χ0n) is 11.8. The van der Waals surface area contributed by atoms with Crippen LogP contribution in [0.2, 0.25) is 0 Å². The second-order valence-corrected chi connectivity index (χ2v) is 6.69. The number of hydrogen-bond acceptors (Lipinski definition) is 4. The van der Waals surface area contributed by atoms with Crippen molar-refractivity contribution in [3.63, 3.8) is 0 Å². The molecule has 6 nitrogen and oxygen atoms in total. The number of carbonyl (C=O) groups excluding carboxylic acids is 1. The molecule has 0 spiro atoms. The lowest BCUT2D eigenvalue weighted by Gasteiger charge is -2.11. The maximum atomic E-state index is 11.8. The Morgan fingerprint density at radius 3 is 2.32 bits per heavy atom. The number of rotatable bonds is 5. The largest absolute Gasteiger partial charge is 0.480 e. The highest BCUT2D eigenvalue weighted by Gasteiger charge is 2.14. The van der Waals surface area contributed by atoms with Gasteiger partial charge < -0.3 is 14.7 Å². The van der Waals surface area contributed by atoms with Crippen molar-refractivity contribution in [2.45, 2.75) is 0 Å². The van der Waals surface area contributed by atoms with Crippen molar-refractivity contribution in [2.75, 3.05) is 20.7 Å². The number of likely N-dealkylation sites (N-methyl/N-ethyl adjacent to an activating group) is 1. The Kier molecular flexibility index (Phi) is 7.08. The standard InChI is InChI=1S/C14H12I2N2O4/c1-18(2)14(21)9(6-17)3-8-4-10(15)13(11(16)5-8)22-7-12(19)20/h3-5H,7H2,1-2H3,(H,19,20)/b9-3-. The molecule has 0 saturated carbocycles. The number of hydrogen-bond donors (Lipinski definition) is 1. The van der Waals surface area contributed by atoms with Gasteiger partial charge in [-0.25, -0.2) is 4.79 Å². The third-order valence-corrected chi connectivity index (χ3v) is 4.03. The number of halogens is 2. The van der Waals surface area contributed by atoms with Gasteiger partial charge in [-0.2, -0.15) is 5.26 Å². The summed E-state index contributed by atoms with van der Waals surface area (Å²) in [5, 5.41) is 17.7. The molecule has 8 heteroatoms. The van der Waals surface area contributed by atoms with Crippen molar-refractivity contribution in [3.8, 4) is 11.8 Å². The molecule has 0 saturated heterocycles. The van der Waals surface area contributed by atoms with Crippen LogP contribution in [-0.4, -0.2) is 42.6 Å². The van der Waals surface area contributed by atoms with Gasteiger partial charge in [-0.1, -0.05) is 0 Å². The smallest absolute Gasteiger partial charge is 0.341 e. The van der Waals surface area contributed by atoms with Gasteiger partial charge in [-0.3, -0.25) is 4.79 Å². The lowest BCUT2D eigenvalue weighted by atomic mass is 10.1. The van der Waals surface area contributed by atoms with Gasteiger partial charge in [0.05, 0.1) is 7.14 Å². The van der Waals surface area contributed by atoms with Crippen LogP contribution in [0.1, 0.15) is 5.56 Å². The zero-order chi connectivity index (χ0) is 16.9. The molecule has 0 radical (unpaired) electrons. The van der Waals surface area contributed by atoms with Crippen LogP contribution in [0.3, 0.4) is 0 Å². The summed E-state index contributed by atoms with van der Waals surface area (Å²) in [4.78, 5) is 23.7. The number of amides is 1. The number of nitrogens with zero attached hydrogens (tertiary/aromatic N) is 2. The molecule has 0 unspecified atom stereocenters. The Morgan fingerprint density at radius 1 is 1.36 bits per heavy atom. The van der Waals surface area contributed by atoms with Gasteiger partial charge in [-0.05, 0) is 69.0 Å². The molecule has 0 atom stereocenters. The summed E-state index contributed by atoms with van der Waals surface area (Å²) in [5.74, 6) is -0.962. The molecule has 1 N–H and O–H groups in total. The van der Waals surface area contributed by atoms with Crippen molar-refractivity contribution in [1.82, 2.24) is 4.90 Å². The first-order chi connectivity index (χ1) is 10.3. The van der Waals surface area contributed by atoms with E-state index in [-0.39, 0.29) is 11.5 Å². The van der Waals surface area contributed by atoms with E-state index in [0.717, 1.165) is 0 Å². The lowest BCUT2D eigenvalue weighted by Crippen LogP contribution is -2.22. The predicted molar refractivity (Wildman–Crippen MR) is 97.3 cm³/mol. The molecule has 1 amide bonds. The van der Waals surface area contributed by atoms with Crippen LogP contribution >= 0.6 is 45.2 Å². The van der Waals surface area contributed by atoms with E-state index in [1.807, 2.05) is 51.3 Å². The Hall–Kier alpha value is -1.35. The highest BCUT2D eigenvalue weighted by molar-refractivity contribution is 14.1. The van der Waals surface area contributed by atoms with Crippen LogP contribution < -0.4 is 4.74 Å². The first-order valence-electron chi connectivity index (χ1n) is 5.93. The Labute approximate surface area is 155 Å². The van der Waals surface area contributed by atoms with Crippen molar-refractivity contribution in [3.05, 3.63) is 30.4 Å². The molecule has 0 aromatic heterocycles. The summed E-state index contributed by atoms with van der Waals surface area (Å²) in [6, 6.07) is 5.33. The number of carboxylic acid groups (broad SMARTS) is 1. The van der Waals surface area contributed by atoms with E-state index < -0.39 is 12.6 Å². The number of carboxylic acids is 1. The highest BCUT2D eigenvalue weighted by Crippen LogP contribution is 2.29. The highest BCUT2D eigenvalue weighted by atomic mass is 127. The van der Waals surface area contributed by atoms with Gasteiger partial charge >= 0.3 is 5.97 Å². The molecule has 1 aromatic rings. The van der Waals surface area contributed by atoms with Gasteiger partial charge in [0.15, 0.2) is 6.61 Å². The maximum absolute atomic E-state index is 11.8. The molecule has 0 aliphatic heterocycles. The summed E-state index contributed by atoms with van der Waals surface area (Å²) in [6.07, 6.45) is 1.49. The fourth-order valence-corrected chi connectivity index (χ4v) is 3.61. The van der Waals surface area contributed by atoms with Crippen LogP contribution in [0, 0.1) is 18.5 Å².